The normalized spacial score (nSPS) is 17.5. The van der Waals surface area contributed by atoms with Gasteiger partial charge < -0.3 is 14.4 Å². The Kier molecular flexibility index (Phi) is 5.32. The first-order valence-corrected chi connectivity index (χ1v) is 10.8. The summed E-state index contributed by atoms with van der Waals surface area (Å²) in [6, 6.07) is 10.1. The number of piperazine rings is 1. The van der Waals surface area contributed by atoms with E-state index in [4.69, 9.17) is 0 Å². The molecular formula is C22H26BrN3O2. The minimum atomic E-state index is 0.0622. The first kappa shape index (κ1) is 19.2. The Balaban J connectivity index is 1.47. The zero-order chi connectivity index (χ0) is 19.8. The van der Waals surface area contributed by atoms with E-state index >= 15 is 0 Å². The van der Waals surface area contributed by atoms with Crippen molar-refractivity contribution in [3.05, 3.63) is 51.8 Å². The maximum atomic E-state index is 13.2. The van der Waals surface area contributed by atoms with Crippen LogP contribution in [0.4, 0.5) is 0 Å². The predicted octanol–water partition coefficient (Wildman–Crippen LogP) is 3.94. The van der Waals surface area contributed by atoms with Crippen LogP contribution in [-0.2, 0) is 4.79 Å². The van der Waals surface area contributed by atoms with E-state index in [0.29, 0.717) is 26.2 Å². The molecule has 2 heterocycles. The molecule has 2 amide bonds. The van der Waals surface area contributed by atoms with E-state index in [9.17, 15) is 9.59 Å². The van der Waals surface area contributed by atoms with E-state index in [0.717, 1.165) is 40.0 Å². The Morgan fingerprint density at radius 2 is 1.57 bits per heavy atom. The fourth-order valence-corrected chi connectivity index (χ4v) is 4.44. The van der Waals surface area contributed by atoms with E-state index in [1.165, 1.54) is 6.42 Å². The van der Waals surface area contributed by atoms with Gasteiger partial charge in [-0.05, 0) is 57.0 Å². The maximum Gasteiger partial charge on any atom is 0.255 e. The number of carbonyl (C=O) groups is 2. The summed E-state index contributed by atoms with van der Waals surface area (Å²) < 4.78 is 3.15. The highest BCUT2D eigenvalue weighted by atomic mass is 79.9. The maximum absolute atomic E-state index is 13.2. The third-order valence-electron chi connectivity index (χ3n) is 6.08. The molecule has 2 fully saturated rings. The Labute approximate surface area is 174 Å². The van der Waals surface area contributed by atoms with Crippen molar-refractivity contribution in [2.75, 3.05) is 26.2 Å². The molecule has 0 N–H and O–H groups in total. The first-order valence-electron chi connectivity index (χ1n) is 9.98. The number of aryl methyl sites for hydroxylation is 1. The molecule has 1 aliphatic heterocycles. The Hall–Kier alpha value is -2.08. The molecule has 28 heavy (non-hydrogen) atoms. The monoisotopic (exact) mass is 443 g/mol. The molecule has 5 nitrogen and oxygen atoms in total. The highest BCUT2D eigenvalue weighted by Crippen LogP contribution is 2.29. The third-order valence-corrected chi connectivity index (χ3v) is 6.61. The van der Waals surface area contributed by atoms with Gasteiger partial charge >= 0.3 is 0 Å². The number of halogens is 1. The van der Waals surface area contributed by atoms with Gasteiger partial charge in [0.2, 0.25) is 5.91 Å². The second-order valence-electron chi connectivity index (χ2n) is 7.84. The molecule has 0 radical (unpaired) electrons. The quantitative estimate of drug-likeness (QED) is 0.720. The SMILES string of the molecule is Cc1cc(C(=O)N2CCN(C(=O)C3CCC3)CC2)c(C)n1-c1ccc(Br)cc1. The summed E-state index contributed by atoms with van der Waals surface area (Å²) in [5.41, 5.74) is 3.80. The van der Waals surface area contributed by atoms with Crippen LogP contribution in [0.5, 0.6) is 0 Å². The second-order valence-corrected chi connectivity index (χ2v) is 8.76. The number of nitrogens with zero attached hydrogens (tertiary/aromatic N) is 3. The number of aromatic nitrogens is 1. The minimum absolute atomic E-state index is 0.0622. The van der Waals surface area contributed by atoms with Gasteiger partial charge in [-0.3, -0.25) is 9.59 Å². The molecule has 0 atom stereocenters. The number of hydrogen-bond donors (Lipinski definition) is 0. The zero-order valence-electron chi connectivity index (χ0n) is 16.4. The lowest BCUT2D eigenvalue weighted by Crippen LogP contribution is -2.52. The van der Waals surface area contributed by atoms with Gasteiger partial charge in [-0.25, -0.2) is 0 Å². The molecule has 1 aromatic carbocycles. The van der Waals surface area contributed by atoms with Crippen LogP contribution in [0.2, 0.25) is 0 Å². The summed E-state index contributed by atoms with van der Waals surface area (Å²) >= 11 is 3.47. The summed E-state index contributed by atoms with van der Waals surface area (Å²) in [6.45, 7) is 6.54. The molecule has 1 saturated carbocycles. The number of rotatable bonds is 3. The molecule has 1 aromatic heterocycles. The highest BCUT2D eigenvalue weighted by molar-refractivity contribution is 9.10. The summed E-state index contributed by atoms with van der Waals surface area (Å²) in [6.07, 6.45) is 3.23. The van der Waals surface area contributed by atoms with Crippen LogP contribution in [0.15, 0.2) is 34.8 Å². The van der Waals surface area contributed by atoms with Crippen molar-refractivity contribution in [3.8, 4) is 5.69 Å². The summed E-state index contributed by atoms with van der Waals surface area (Å²) in [7, 11) is 0. The van der Waals surface area contributed by atoms with Crippen LogP contribution < -0.4 is 0 Å². The van der Waals surface area contributed by atoms with E-state index < -0.39 is 0 Å². The molecule has 1 saturated heterocycles. The third kappa shape index (κ3) is 3.50. The number of hydrogen-bond acceptors (Lipinski definition) is 2. The lowest BCUT2D eigenvalue weighted by atomic mass is 9.84. The van der Waals surface area contributed by atoms with Gasteiger partial charge in [0.25, 0.3) is 5.91 Å². The smallest absolute Gasteiger partial charge is 0.255 e. The Bertz CT molecular complexity index is 891. The zero-order valence-corrected chi connectivity index (χ0v) is 18.0. The van der Waals surface area contributed by atoms with Crippen LogP contribution in [-0.4, -0.2) is 52.4 Å². The average molecular weight is 444 g/mol. The van der Waals surface area contributed by atoms with Gasteiger partial charge in [0.1, 0.15) is 0 Å². The molecule has 0 unspecified atom stereocenters. The van der Waals surface area contributed by atoms with Crippen molar-refractivity contribution in [2.45, 2.75) is 33.1 Å². The van der Waals surface area contributed by atoms with Gasteiger partial charge in [0.05, 0.1) is 5.56 Å². The number of carbonyl (C=O) groups excluding carboxylic acids is 2. The van der Waals surface area contributed by atoms with E-state index in [1.807, 2.05) is 54.0 Å². The molecule has 2 aliphatic rings. The predicted molar refractivity (Wildman–Crippen MR) is 113 cm³/mol. The van der Waals surface area contributed by atoms with Crippen molar-refractivity contribution in [1.82, 2.24) is 14.4 Å². The lowest BCUT2D eigenvalue weighted by Gasteiger charge is -2.38. The molecule has 1 aliphatic carbocycles. The van der Waals surface area contributed by atoms with Gasteiger partial charge in [0.15, 0.2) is 0 Å². The summed E-state index contributed by atoms with van der Waals surface area (Å²) in [4.78, 5) is 29.4. The molecule has 2 aromatic rings. The Morgan fingerprint density at radius 3 is 2.14 bits per heavy atom. The van der Waals surface area contributed by atoms with E-state index in [2.05, 4.69) is 20.5 Å². The molecule has 0 bridgehead atoms. The van der Waals surface area contributed by atoms with Crippen LogP contribution >= 0.6 is 15.9 Å². The topological polar surface area (TPSA) is 45.6 Å². The minimum Gasteiger partial charge on any atom is -0.339 e. The van der Waals surface area contributed by atoms with Gasteiger partial charge in [-0.2, -0.15) is 0 Å². The largest absolute Gasteiger partial charge is 0.339 e. The van der Waals surface area contributed by atoms with Crippen LogP contribution in [0.25, 0.3) is 5.69 Å². The molecular weight excluding hydrogens is 418 g/mol. The van der Waals surface area contributed by atoms with Crippen LogP contribution in [0, 0.1) is 19.8 Å². The van der Waals surface area contributed by atoms with Crippen molar-refractivity contribution >= 4 is 27.7 Å². The standard InChI is InChI=1S/C22H26BrN3O2/c1-15-14-20(16(2)26(15)19-8-6-18(23)7-9-19)22(28)25-12-10-24(11-13-25)21(27)17-4-3-5-17/h6-9,14,17H,3-5,10-13H2,1-2H3. The summed E-state index contributed by atoms with van der Waals surface area (Å²) in [5.74, 6) is 0.575. The van der Waals surface area contributed by atoms with Crippen molar-refractivity contribution in [1.29, 1.82) is 0 Å². The van der Waals surface area contributed by atoms with E-state index in [1.54, 1.807) is 0 Å². The Morgan fingerprint density at radius 1 is 0.964 bits per heavy atom. The van der Waals surface area contributed by atoms with E-state index in [-0.39, 0.29) is 17.7 Å². The number of benzene rings is 1. The molecule has 4 rings (SSSR count). The van der Waals surface area contributed by atoms with Crippen molar-refractivity contribution < 1.29 is 9.59 Å². The first-order chi connectivity index (χ1) is 13.5. The van der Waals surface area contributed by atoms with Crippen LogP contribution in [0.3, 0.4) is 0 Å². The van der Waals surface area contributed by atoms with Crippen molar-refractivity contribution in [3.63, 3.8) is 0 Å². The van der Waals surface area contributed by atoms with Gasteiger partial charge in [-0.15, -0.1) is 0 Å². The highest BCUT2D eigenvalue weighted by Gasteiger charge is 2.32. The molecule has 148 valence electrons. The average Bonchev–Trinajstić information content (AvgIpc) is 2.95. The summed E-state index contributed by atoms with van der Waals surface area (Å²) in [5, 5.41) is 0. The second kappa shape index (κ2) is 7.74. The fraction of sp³-hybridized carbons (Fsp3) is 0.455. The molecule has 6 heteroatoms. The van der Waals surface area contributed by atoms with Crippen molar-refractivity contribution in [2.24, 2.45) is 5.92 Å². The van der Waals surface area contributed by atoms with Crippen LogP contribution in [0.1, 0.15) is 41.0 Å². The lowest BCUT2D eigenvalue weighted by molar-refractivity contribution is -0.139. The van der Waals surface area contributed by atoms with Gasteiger partial charge in [0, 0.05) is 53.6 Å². The number of amides is 2. The fourth-order valence-electron chi connectivity index (χ4n) is 4.18. The van der Waals surface area contributed by atoms with Gasteiger partial charge in [-0.1, -0.05) is 22.4 Å². The molecule has 0 spiro atoms.